The van der Waals surface area contributed by atoms with Gasteiger partial charge >= 0.3 is 5.97 Å². The number of hydrazine groups is 1. The molecule has 1 aromatic carbocycles. The number of nitrogens with two attached hydrogens (primary N) is 2. The Balaban J connectivity index is 1.78. The fourth-order valence-electron chi connectivity index (χ4n) is 3.10. The summed E-state index contributed by atoms with van der Waals surface area (Å²) < 4.78 is 0. The minimum atomic E-state index is -0.806. The van der Waals surface area contributed by atoms with Crippen molar-refractivity contribution in [2.45, 2.75) is 19.8 Å². The highest BCUT2D eigenvalue weighted by Gasteiger charge is 2.28. The van der Waals surface area contributed by atoms with Gasteiger partial charge in [-0.05, 0) is 18.6 Å². The number of para-hydroxylation sites is 1. The summed E-state index contributed by atoms with van der Waals surface area (Å²) in [5.74, 6) is -0.620. The van der Waals surface area contributed by atoms with Gasteiger partial charge in [0.2, 0.25) is 0 Å². The van der Waals surface area contributed by atoms with E-state index < -0.39 is 5.97 Å². The number of carboxylic acid groups (broad SMARTS) is 1. The predicted octanol–water partition coefficient (Wildman–Crippen LogP) is 1.10. The van der Waals surface area contributed by atoms with E-state index in [4.69, 9.17) is 16.2 Å². The zero-order valence-corrected chi connectivity index (χ0v) is 14.0. The van der Waals surface area contributed by atoms with Crippen LogP contribution >= 0.6 is 0 Å². The van der Waals surface area contributed by atoms with E-state index in [0.717, 1.165) is 17.0 Å². The normalized spacial score (nSPS) is 20.0. The van der Waals surface area contributed by atoms with Crippen LogP contribution in [0, 0.1) is 11.3 Å². The van der Waals surface area contributed by atoms with E-state index in [0.29, 0.717) is 23.4 Å². The van der Waals surface area contributed by atoms with E-state index in [1.807, 2.05) is 41.6 Å². The van der Waals surface area contributed by atoms with Gasteiger partial charge in [0, 0.05) is 22.9 Å². The Kier molecular flexibility index (Phi) is 4.69. The molecule has 7 N–H and O–H groups in total. The maximum atomic E-state index is 10.9. The fourth-order valence-corrected chi connectivity index (χ4v) is 3.10. The number of benzene rings is 1. The third-order valence-corrected chi connectivity index (χ3v) is 4.37. The number of nitrogens with one attached hydrogen (secondary N) is 2. The molecule has 0 bridgehead atoms. The van der Waals surface area contributed by atoms with Crippen LogP contribution < -0.4 is 16.7 Å². The lowest BCUT2D eigenvalue weighted by atomic mass is 9.91. The molecule has 25 heavy (non-hydrogen) atoms. The summed E-state index contributed by atoms with van der Waals surface area (Å²) in [6.07, 6.45) is 6.47. The summed E-state index contributed by atoms with van der Waals surface area (Å²) in [7, 11) is 0. The van der Waals surface area contributed by atoms with Gasteiger partial charge in [-0.2, -0.15) is 0 Å². The highest BCUT2D eigenvalue weighted by atomic mass is 16.4. The second-order valence-corrected chi connectivity index (χ2v) is 6.28. The smallest absolute Gasteiger partial charge is 0.307 e. The van der Waals surface area contributed by atoms with Crippen molar-refractivity contribution in [1.82, 2.24) is 10.5 Å². The molecular formula is C18H22N5O2+. The van der Waals surface area contributed by atoms with Crippen molar-refractivity contribution in [2.24, 2.45) is 5.92 Å². The van der Waals surface area contributed by atoms with Crippen LogP contribution in [0.2, 0.25) is 0 Å². The Labute approximate surface area is 146 Å². The molecular weight excluding hydrogens is 318 g/mol. The second kappa shape index (κ2) is 6.92. The fraction of sp³-hybridized carbons (Fsp3) is 0.222. The van der Waals surface area contributed by atoms with E-state index in [-0.39, 0.29) is 12.3 Å². The van der Waals surface area contributed by atoms with Crippen molar-refractivity contribution in [1.29, 1.82) is 5.41 Å². The zero-order valence-electron chi connectivity index (χ0n) is 14.0. The molecule has 0 amide bonds. The highest BCUT2D eigenvalue weighted by molar-refractivity contribution is 6.11. The van der Waals surface area contributed by atoms with Crippen LogP contribution in [0.4, 0.5) is 5.69 Å². The average Bonchev–Trinajstić information content (AvgIpc) is 3.04. The van der Waals surface area contributed by atoms with Crippen molar-refractivity contribution in [3.05, 3.63) is 65.1 Å². The van der Waals surface area contributed by atoms with Gasteiger partial charge in [0.1, 0.15) is 5.71 Å². The highest BCUT2D eigenvalue weighted by Crippen LogP contribution is 2.29. The van der Waals surface area contributed by atoms with E-state index in [1.54, 1.807) is 11.5 Å². The topological polar surface area (TPSA) is 119 Å². The zero-order chi connectivity index (χ0) is 18.0. The Morgan fingerprint density at radius 3 is 2.88 bits per heavy atom. The van der Waals surface area contributed by atoms with Gasteiger partial charge in [0.25, 0.3) is 0 Å². The number of nitrogens with zero attached hydrogens (tertiary/aromatic N) is 1. The lowest BCUT2D eigenvalue weighted by molar-refractivity contribution is -0.668. The molecule has 1 heterocycles. The molecule has 2 aliphatic rings. The summed E-state index contributed by atoms with van der Waals surface area (Å²) in [4.78, 5) is 10.9. The van der Waals surface area contributed by atoms with Crippen LogP contribution in [0.3, 0.4) is 0 Å². The van der Waals surface area contributed by atoms with Crippen molar-refractivity contribution in [3.63, 3.8) is 0 Å². The van der Waals surface area contributed by atoms with Gasteiger partial charge in [0.05, 0.1) is 12.6 Å². The monoisotopic (exact) mass is 340 g/mol. The lowest BCUT2D eigenvalue weighted by Gasteiger charge is -2.26. The van der Waals surface area contributed by atoms with Crippen LogP contribution in [0.25, 0.3) is 0 Å². The van der Waals surface area contributed by atoms with Gasteiger partial charge in [-0.1, -0.05) is 42.3 Å². The van der Waals surface area contributed by atoms with Crippen molar-refractivity contribution < 1.29 is 15.3 Å². The number of carboxylic acids is 1. The maximum Gasteiger partial charge on any atom is 0.307 e. The summed E-state index contributed by atoms with van der Waals surface area (Å²) in [6, 6.07) is 7.32. The first-order valence-corrected chi connectivity index (χ1v) is 8.11. The average molecular weight is 340 g/mol. The first-order valence-electron chi connectivity index (χ1n) is 8.11. The SMILES string of the molecule is CC1CC(CC(=O)O)=CC=C1N1C=C(C(=N)c2ccccc2N)[NH2+]N1. The Morgan fingerprint density at radius 2 is 2.20 bits per heavy atom. The lowest BCUT2D eigenvalue weighted by Crippen LogP contribution is -2.91. The number of quaternary nitrogens is 1. The molecule has 1 atom stereocenters. The molecule has 0 radical (unpaired) electrons. The number of hydrogen-bond donors (Lipinski definition) is 5. The first-order chi connectivity index (χ1) is 12.0. The number of anilines is 1. The van der Waals surface area contributed by atoms with Crippen LogP contribution in [0.15, 0.2) is 59.6 Å². The quantitative estimate of drug-likeness (QED) is 0.312. The first kappa shape index (κ1) is 16.9. The van der Waals surface area contributed by atoms with Gasteiger partial charge in [0.15, 0.2) is 5.70 Å². The molecule has 1 unspecified atom stereocenters. The largest absolute Gasteiger partial charge is 0.481 e. The summed E-state index contributed by atoms with van der Waals surface area (Å²) >= 11 is 0. The Morgan fingerprint density at radius 1 is 1.44 bits per heavy atom. The molecule has 0 fully saturated rings. The van der Waals surface area contributed by atoms with E-state index >= 15 is 0 Å². The number of allylic oxidation sites excluding steroid dienone is 4. The van der Waals surface area contributed by atoms with Crippen molar-refractivity contribution >= 4 is 17.4 Å². The van der Waals surface area contributed by atoms with Crippen LogP contribution in [-0.2, 0) is 4.79 Å². The molecule has 1 aliphatic heterocycles. The van der Waals surface area contributed by atoms with Gasteiger partial charge in [-0.15, -0.1) is 0 Å². The molecule has 0 spiro atoms. The third kappa shape index (κ3) is 3.62. The minimum absolute atomic E-state index is 0.0761. The molecule has 0 saturated carbocycles. The van der Waals surface area contributed by atoms with Gasteiger partial charge in [-0.3, -0.25) is 10.2 Å². The molecule has 0 aromatic heterocycles. The number of carbonyl (C=O) groups is 1. The molecule has 1 aliphatic carbocycles. The van der Waals surface area contributed by atoms with Crippen LogP contribution in [0.5, 0.6) is 0 Å². The standard InChI is InChI=1S/C18H21N5O2/c1-11-8-12(9-17(24)25)6-7-16(11)23-10-15(21-22-23)18(20)13-4-2-3-5-14(13)19/h2-7,10-11,20-22H,8-9,19H2,1H3,(H,24,25)/p+1. The maximum absolute atomic E-state index is 10.9. The van der Waals surface area contributed by atoms with Gasteiger partial charge in [-0.25, -0.2) is 10.4 Å². The Hall–Kier alpha value is -2.90. The van der Waals surface area contributed by atoms with Crippen molar-refractivity contribution in [2.75, 3.05) is 5.73 Å². The molecule has 130 valence electrons. The van der Waals surface area contributed by atoms with E-state index in [9.17, 15) is 4.79 Å². The van der Waals surface area contributed by atoms with Crippen LogP contribution in [0.1, 0.15) is 25.3 Å². The third-order valence-electron chi connectivity index (χ3n) is 4.37. The number of hydrogen-bond acceptors (Lipinski definition) is 5. The predicted molar refractivity (Wildman–Crippen MR) is 94.9 cm³/mol. The number of aliphatic carboxylic acids is 1. The summed E-state index contributed by atoms with van der Waals surface area (Å²) in [6.45, 7) is 2.06. The molecule has 1 aromatic rings. The second-order valence-electron chi connectivity index (χ2n) is 6.28. The summed E-state index contributed by atoms with van der Waals surface area (Å²) in [5, 5.41) is 19.2. The van der Waals surface area contributed by atoms with Crippen molar-refractivity contribution in [3.8, 4) is 0 Å². The van der Waals surface area contributed by atoms with Gasteiger partial charge < -0.3 is 10.8 Å². The van der Waals surface area contributed by atoms with E-state index in [2.05, 4.69) is 12.5 Å². The molecule has 7 heteroatoms. The molecule has 3 rings (SSSR count). The Bertz CT molecular complexity index is 809. The summed E-state index contributed by atoms with van der Waals surface area (Å²) in [5.41, 5.74) is 15.2. The molecule has 7 nitrogen and oxygen atoms in total. The number of rotatable bonds is 5. The van der Waals surface area contributed by atoms with Crippen LogP contribution in [-0.4, -0.2) is 21.8 Å². The minimum Gasteiger partial charge on any atom is -0.481 e. The number of nitrogen functional groups attached to an aromatic ring is 1. The molecule has 0 saturated heterocycles. The van der Waals surface area contributed by atoms with E-state index in [1.165, 1.54) is 0 Å².